The number of hydrogen-bond acceptors (Lipinski definition) is 4. The second-order valence-electron chi connectivity index (χ2n) is 5.99. The normalized spacial score (nSPS) is 23.0. The highest BCUT2D eigenvalue weighted by Crippen LogP contribution is 2.22. The van der Waals surface area contributed by atoms with Gasteiger partial charge in [0, 0.05) is 12.8 Å². The lowest BCUT2D eigenvalue weighted by molar-refractivity contribution is -0.300. The third-order valence-electron chi connectivity index (χ3n) is 3.95. The highest BCUT2D eigenvalue weighted by atomic mass is 17.2. The van der Waals surface area contributed by atoms with Crippen LogP contribution in [-0.2, 0) is 14.6 Å². The first-order chi connectivity index (χ1) is 11.1. The Balaban J connectivity index is 1.99. The zero-order valence-electron chi connectivity index (χ0n) is 14.0. The summed E-state index contributed by atoms with van der Waals surface area (Å²) >= 11 is 0. The molecule has 1 aliphatic heterocycles. The second kappa shape index (κ2) is 12.3. The summed E-state index contributed by atoms with van der Waals surface area (Å²) < 4.78 is 0. The molecule has 2 N–H and O–H groups in total. The maximum atomic E-state index is 10.4. The summed E-state index contributed by atoms with van der Waals surface area (Å²) in [6, 6.07) is 0. The van der Waals surface area contributed by atoms with Crippen molar-refractivity contribution >= 4 is 5.97 Å². The zero-order valence-corrected chi connectivity index (χ0v) is 14.0. The lowest BCUT2D eigenvalue weighted by atomic mass is 10.1. The van der Waals surface area contributed by atoms with Gasteiger partial charge in [-0.25, -0.2) is 9.78 Å². The van der Waals surface area contributed by atoms with Gasteiger partial charge in [0.1, 0.15) is 12.2 Å². The van der Waals surface area contributed by atoms with Gasteiger partial charge in [0.05, 0.1) is 6.10 Å². The van der Waals surface area contributed by atoms with E-state index in [-0.39, 0.29) is 18.6 Å². The molecule has 1 aliphatic rings. The molecular weight excluding hydrogens is 296 g/mol. The number of carboxylic acids is 1. The molecule has 0 aliphatic carbocycles. The Morgan fingerprint density at radius 1 is 1.17 bits per heavy atom. The Morgan fingerprint density at radius 3 is 2.65 bits per heavy atom. The summed E-state index contributed by atoms with van der Waals surface area (Å²) in [5, 5.41) is 18.2. The van der Waals surface area contributed by atoms with Crippen molar-refractivity contribution in [3.05, 3.63) is 24.3 Å². The van der Waals surface area contributed by atoms with Gasteiger partial charge in [0.15, 0.2) is 0 Å². The molecule has 1 heterocycles. The van der Waals surface area contributed by atoms with Gasteiger partial charge in [-0.05, 0) is 25.7 Å². The average molecular weight is 326 g/mol. The molecule has 0 bridgehead atoms. The molecule has 0 aromatic carbocycles. The molecule has 5 nitrogen and oxygen atoms in total. The fraction of sp³-hybridized carbons (Fsp3) is 0.722. The molecule has 23 heavy (non-hydrogen) atoms. The largest absolute Gasteiger partial charge is 0.481 e. The minimum Gasteiger partial charge on any atom is -0.481 e. The molecule has 0 saturated carbocycles. The number of allylic oxidation sites excluding steroid dienone is 3. The van der Waals surface area contributed by atoms with E-state index in [1.807, 2.05) is 25.2 Å². The summed E-state index contributed by atoms with van der Waals surface area (Å²) in [5.74, 6) is -0.702. The van der Waals surface area contributed by atoms with Crippen LogP contribution in [0.5, 0.6) is 0 Å². The lowest BCUT2D eigenvalue weighted by Crippen LogP contribution is -2.24. The molecule has 0 radical (unpaired) electrons. The Bertz CT molecular complexity index is 378. The van der Waals surface area contributed by atoms with Crippen LogP contribution in [0.4, 0.5) is 0 Å². The number of hydrogen-bond donors (Lipinski definition) is 2. The molecule has 0 aromatic rings. The Kier molecular flexibility index (Phi) is 10.6. The number of aliphatic hydroxyl groups excluding tert-OH is 1. The van der Waals surface area contributed by atoms with Crippen LogP contribution in [0.2, 0.25) is 0 Å². The van der Waals surface area contributed by atoms with Crippen molar-refractivity contribution < 1.29 is 24.8 Å². The van der Waals surface area contributed by atoms with Gasteiger partial charge < -0.3 is 10.2 Å². The van der Waals surface area contributed by atoms with Gasteiger partial charge in [-0.3, -0.25) is 4.79 Å². The van der Waals surface area contributed by atoms with Crippen LogP contribution < -0.4 is 0 Å². The minimum atomic E-state index is -0.702. The SMILES string of the molecule is CC[C@H](O)[C@@H]1C[C@@H](/C=C/C=C\CCCCCCCC(=O)O)OO1. The van der Waals surface area contributed by atoms with Gasteiger partial charge >= 0.3 is 5.97 Å². The molecule has 0 amide bonds. The monoisotopic (exact) mass is 326 g/mol. The van der Waals surface area contributed by atoms with Crippen LogP contribution in [0.1, 0.15) is 64.7 Å². The molecule has 3 atom stereocenters. The number of unbranched alkanes of at least 4 members (excludes halogenated alkanes) is 5. The number of carbonyl (C=O) groups is 1. The van der Waals surface area contributed by atoms with E-state index < -0.39 is 12.1 Å². The molecule has 5 heteroatoms. The summed E-state index contributed by atoms with van der Waals surface area (Å²) in [6.45, 7) is 1.92. The van der Waals surface area contributed by atoms with Crippen LogP contribution in [0.25, 0.3) is 0 Å². The summed E-state index contributed by atoms with van der Waals surface area (Å²) in [6.07, 6.45) is 15.1. The van der Waals surface area contributed by atoms with E-state index in [0.29, 0.717) is 12.8 Å². The van der Waals surface area contributed by atoms with E-state index in [9.17, 15) is 9.90 Å². The molecule has 0 spiro atoms. The molecule has 1 rings (SSSR count). The maximum absolute atomic E-state index is 10.4. The average Bonchev–Trinajstić information content (AvgIpc) is 3.00. The second-order valence-corrected chi connectivity index (χ2v) is 5.99. The molecule has 0 aromatic heterocycles. The zero-order chi connectivity index (χ0) is 16.9. The molecule has 1 fully saturated rings. The topological polar surface area (TPSA) is 76.0 Å². The van der Waals surface area contributed by atoms with Crippen LogP contribution in [0, 0.1) is 0 Å². The Morgan fingerprint density at radius 2 is 1.91 bits per heavy atom. The minimum absolute atomic E-state index is 0.0833. The fourth-order valence-corrected chi connectivity index (χ4v) is 2.48. The van der Waals surface area contributed by atoms with Crippen LogP contribution in [0.15, 0.2) is 24.3 Å². The lowest BCUT2D eigenvalue weighted by Gasteiger charge is -2.11. The van der Waals surface area contributed by atoms with Crippen molar-refractivity contribution in [3.8, 4) is 0 Å². The quantitative estimate of drug-likeness (QED) is 0.324. The van der Waals surface area contributed by atoms with E-state index in [1.54, 1.807) is 0 Å². The summed E-state index contributed by atoms with van der Waals surface area (Å²) in [5.41, 5.74) is 0. The first kappa shape index (κ1) is 19.9. The van der Waals surface area contributed by atoms with Crippen molar-refractivity contribution in [1.82, 2.24) is 0 Å². The van der Waals surface area contributed by atoms with E-state index in [1.165, 1.54) is 0 Å². The molecule has 0 unspecified atom stereocenters. The van der Waals surface area contributed by atoms with E-state index in [0.717, 1.165) is 38.5 Å². The number of aliphatic hydroxyl groups is 1. The van der Waals surface area contributed by atoms with E-state index in [2.05, 4.69) is 6.08 Å². The third-order valence-corrected chi connectivity index (χ3v) is 3.95. The van der Waals surface area contributed by atoms with E-state index in [4.69, 9.17) is 14.9 Å². The fourth-order valence-electron chi connectivity index (χ4n) is 2.48. The van der Waals surface area contributed by atoms with Crippen LogP contribution >= 0.6 is 0 Å². The summed E-state index contributed by atoms with van der Waals surface area (Å²) in [4.78, 5) is 20.6. The van der Waals surface area contributed by atoms with Crippen molar-refractivity contribution in [1.29, 1.82) is 0 Å². The van der Waals surface area contributed by atoms with Crippen LogP contribution in [0.3, 0.4) is 0 Å². The molecule has 132 valence electrons. The first-order valence-electron chi connectivity index (χ1n) is 8.68. The van der Waals surface area contributed by atoms with Gasteiger partial charge in [-0.15, -0.1) is 0 Å². The summed E-state index contributed by atoms with van der Waals surface area (Å²) in [7, 11) is 0. The highest BCUT2D eigenvalue weighted by Gasteiger charge is 2.30. The molecule has 1 saturated heterocycles. The number of rotatable bonds is 12. The van der Waals surface area contributed by atoms with Crippen LogP contribution in [-0.4, -0.2) is 34.5 Å². The Hall–Kier alpha value is -1.17. The number of aliphatic carboxylic acids is 1. The predicted octanol–water partition coefficient (Wildman–Crippen LogP) is 3.77. The first-order valence-corrected chi connectivity index (χ1v) is 8.68. The van der Waals surface area contributed by atoms with Crippen molar-refractivity contribution in [2.45, 2.75) is 83.0 Å². The van der Waals surface area contributed by atoms with Crippen molar-refractivity contribution in [2.75, 3.05) is 0 Å². The number of carboxylic acid groups (broad SMARTS) is 1. The van der Waals surface area contributed by atoms with Gasteiger partial charge in [-0.1, -0.05) is 50.5 Å². The van der Waals surface area contributed by atoms with Crippen molar-refractivity contribution in [3.63, 3.8) is 0 Å². The highest BCUT2D eigenvalue weighted by molar-refractivity contribution is 5.66. The molecular formula is C18H30O5. The standard InChI is InChI=1S/C18H30O5/c1-2-16(19)17-14-15(22-23-17)12-10-8-6-4-3-5-7-9-11-13-18(20)21/h6,8,10,12,15-17,19H,2-5,7,9,11,13-14H2,1H3,(H,20,21)/b8-6-,12-10+/t15-,16+,17+/m1/s1. The smallest absolute Gasteiger partial charge is 0.303 e. The van der Waals surface area contributed by atoms with Gasteiger partial charge in [-0.2, -0.15) is 0 Å². The Labute approximate surface area is 138 Å². The third kappa shape index (κ3) is 9.54. The van der Waals surface area contributed by atoms with Crippen molar-refractivity contribution in [2.24, 2.45) is 0 Å². The van der Waals surface area contributed by atoms with Gasteiger partial charge in [0.25, 0.3) is 0 Å². The van der Waals surface area contributed by atoms with E-state index >= 15 is 0 Å². The predicted molar refractivity (Wildman–Crippen MR) is 88.9 cm³/mol. The maximum Gasteiger partial charge on any atom is 0.303 e. The van der Waals surface area contributed by atoms with Gasteiger partial charge in [0.2, 0.25) is 0 Å².